The lowest BCUT2D eigenvalue weighted by Gasteiger charge is -2.16. The van der Waals surface area contributed by atoms with Crippen LogP contribution >= 0.6 is 0 Å². The Morgan fingerprint density at radius 1 is 1.21 bits per heavy atom. The Labute approximate surface area is 87.4 Å². The number of ketones is 1. The number of nitrogens with zero attached hydrogens (tertiary/aromatic N) is 1. The van der Waals surface area contributed by atoms with Gasteiger partial charge < -0.3 is 4.74 Å². The van der Waals surface area contributed by atoms with Crippen molar-refractivity contribution in [3.8, 4) is 0 Å². The lowest BCUT2D eigenvalue weighted by atomic mass is 10.2. The van der Waals surface area contributed by atoms with Crippen LogP contribution in [-0.4, -0.2) is 44.0 Å². The molecule has 0 aromatic carbocycles. The molecule has 3 nitrogen and oxygen atoms in total. The fraction of sp³-hybridized carbons (Fsp3) is 0.909. The summed E-state index contributed by atoms with van der Waals surface area (Å²) in [5.74, 6) is 0.352. The van der Waals surface area contributed by atoms with Gasteiger partial charge in [0.2, 0.25) is 0 Å². The largest absolute Gasteiger partial charge is 0.385 e. The zero-order chi connectivity index (χ0) is 10.8. The summed E-state index contributed by atoms with van der Waals surface area (Å²) in [6, 6.07) is 0. The Bertz CT molecular complexity index is 144. The molecule has 0 amide bonds. The van der Waals surface area contributed by atoms with Gasteiger partial charge in [0.1, 0.15) is 5.78 Å². The van der Waals surface area contributed by atoms with E-state index in [2.05, 4.69) is 18.7 Å². The lowest BCUT2D eigenvalue weighted by Crippen LogP contribution is -2.29. The molecule has 0 aliphatic rings. The van der Waals surface area contributed by atoms with Gasteiger partial charge in [-0.3, -0.25) is 9.69 Å². The molecule has 0 rings (SSSR count). The van der Waals surface area contributed by atoms with Gasteiger partial charge in [-0.25, -0.2) is 0 Å². The van der Waals surface area contributed by atoms with E-state index in [-0.39, 0.29) is 0 Å². The van der Waals surface area contributed by atoms with E-state index in [0.29, 0.717) is 18.7 Å². The summed E-state index contributed by atoms with van der Waals surface area (Å²) in [6.07, 6.45) is 2.63. The Balaban J connectivity index is 3.44. The molecule has 0 unspecified atom stereocenters. The standard InChI is InChI=1S/C11H23NO2/c1-4-12(5-2)10-11(13)8-6-7-9-14-3/h4-10H2,1-3H3. The van der Waals surface area contributed by atoms with Gasteiger partial charge in [0.25, 0.3) is 0 Å². The number of likely N-dealkylation sites (N-methyl/N-ethyl adjacent to an activating group) is 1. The number of unbranched alkanes of at least 4 members (excludes halogenated alkanes) is 1. The maximum absolute atomic E-state index is 11.5. The van der Waals surface area contributed by atoms with Gasteiger partial charge in [0.15, 0.2) is 0 Å². The first kappa shape index (κ1) is 13.6. The molecule has 0 radical (unpaired) electrons. The molecule has 3 heteroatoms. The molecule has 0 aliphatic carbocycles. The van der Waals surface area contributed by atoms with Gasteiger partial charge >= 0.3 is 0 Å². The van der Waals surface area contributed by atoms with Crippen LogP contribution in [-0.2, 0) is 9.53 Å². The smallest absolute Gasteiger partial charge is 0.146 e. The highest BCUT2D eigenvalue weighted by Gasteiger charge is 2.06. The molecule has 0 saturated carbocycles. The van der Waals surface area contributed by atoms with Crippen LogP contribution in [0.15, 0.2) is 0 Å². The summed E-state index contributed by atoms with van der Waals surface area (Å²) in [6.45, 7) is 7.46. The summed E-state index contributed by atoms with van der Waals surface area (Å²) in [4.78, 5) is 13.6. The van der Waals surface area contributed by atoms with Crippen LogP contribution in [0.25, 0.3) is 0 Å². The van der Waals surface area contributed by atoms with E-state index in [1.54, 1.807) is 7.11 Å². The summed E-state index contributed by atoms with van der Waals surface area (Å²) < 4.78 is 4.93. The molecular weight excluding hydrogens is 178 g/mol. The molecule has 0 heterocycles. The van der Waals surface area contributed by atoms with Crippen molar-refractivity contribution in [1.29, 1.82) is 0 Å². The average Bonchev–Trinajstić information content (AvgIpc) is 2.21. The van der Waals surface area contributed by atoms with E-state index in [1.165, 1.54) is 0 Å². The molecule has 0 aliphatic heterocycles. The zero-order valence-electron chi connectivity index (χ0n) is 9.71. The summed E-state index contributed by atoms with van der Waals surface area (Å²) in [5, 5.41) is 0. The Morgan fingerprint density at radius 3 is 2.36 bits per heavy atom. The molecule has 0 aromatic rings. The Hall–Kier alpha value is -0.410. The molecular formula is C11H23NO2. The highest BCUT2D eigenvalue weighted by Crippen LogP contribution is 1.98. The number of carbonyl (C=O) groups is 1. The van der Waals surface area contributed by atoms with E-state index < -0.39 is 0 Å². The second kappa shape index (κ2) is 9.16. The summed E-state index contributed by atoms with van der Waals surface area (Å²) in [7, 11) is 1.69. The molecule has 0 saturated heterocycles. The normalized spacial score (nSPS) is 10.9. The number of rotatable bonds is 9. The number of carbonyl (C=O) groups excluding carboxylic acids is 1. The van der Waals surface area contributed by atoms with Crippen molar-refractivity contribution in [1.82, 2.24) is 4.90 Å². The molecule has 84 valence electrons. The minimum atomic E-state index is 0.352. The molecule has 0 spiro atoms. The van der Waals surface area contributed by atoms with Crippen molar-refractivity contribution in [2.45, 2.75) is 33.1 Å². The molecule has 0 bridgehead atoms. The van der Waals surface area contributed by atoms with Gasteiger partial charge in [0.05, 0.1) is 6.54 Å². The maximum atomic E-state index is 11.5. The molecule has 14 heavy (non-hydrogen) atoms. The number of ether oxygens (including phenoxy) is 1. The summed E-state index contributed by atoms with van der Waals surface area (Å²) >= 11 is 0. The van der Waals surface area contributed by atoms with E-state index in [9.17, 15) is 4.79 Å². The second-order valence-corrected chi connectivity index (χ2v) is 3.45. The van der Waals surface area contributed by atoms with Crippen molar-refractivity contribution >= 4 is 5.78 Å². The van der Waals surface area contributed by atoms with Crippen LogP contribution in [0.5, 0.6) is 0 Å². The van der Waals surface area contributed by atoms with Crippen molar-refractivity contribution in [3.63, 3.8) is 0 Å². The third kappa shape index (κ3) is 7.04. The quantitative estimate of drug-likeness (QED) is 0.532. The van der Waals surface area contributed by atoms with Gasteiger partial charge in [-0.1, -0.05) is 13.8 Å². The zero-order valence-corrected chi connectivity index (χ0v) is 9.71. The first-order valence-corrected chi connectivity index (χ1v) is 5.47. The topological polar surface area (TPSA) is 29.5 Å². The lowest BCUT2D eigenvalue weighted by molar-refractivity contribution is -0.120. The predicted molar refractivity (Wildman–Crippen MR) is 58.5 cm³/mol. The van der Waals surface area contributed by atoms with E-state index in [4.69, 9.17) is 4.74 Å². The van der Waals surface area contributed by atoms with E-state index >= 15 is 0 Å². The Kier molecular flexibility index (Phi) is 8.89. The SMILES string of the molecule is CCN(CC)CC(=O)CCCCOC. The first-order chi connectivity index (χ1) is 6.74. The van der Waals surface area contributed by atoms with Crippen molar-refractivity contribution in [3.05, 3.63) is 0 Å². The van der Waals surface area contributed by atoms with Crippen molar-refractivity contribution in [2.75, 3.05) is 33.4 Å². The van der Waals surface area contributed by atoms with Crippen LogP contribution in [0.3, 0.4) is 0 Å². The second-order valence-electron chi connectivity index (χ2n) is 3.45. The predicted octanol–water partition coefficient (Wildman–Crippen LogP) is 1.71. The maximum Gasteiger partial charge on any atom is 0.146 e. The van der Waals surface area contributed by atoms with Crippen LogP contribution in [0.1, 0.15) is 33.1 Å². The third-order valence-electron chi connectivity index (χ3n) is 2.35. The molecule has 0 atom stereocenters. The van der Waals surface area contributed by atoms with Crippen LogP contribution in [0.2, 0.25) is 0 Å². The number of hydrogen-bond acceptors (Lipinski definition) is 3. The highest BCUT2D eigenvalue weighted by atomic mass is 16.5. The number of methoxy groups -OCH3 is 1. The fourth-order valence-electron chi connectivity index (χ4n) is 1.34. The first-order valence-electron chi connectivity index (χ1n) is 5.47. The number of hydrogen-bond donors (Lipinski definition) is 0. The minimum absolute atomic E-state index is 0.352. The molecule has 0 N–H and O–H groups in total. The molecule has 0 fully saturated rings. The van der Waals surface area contributed by atoms with Gasteiger partial charge in [0, 0.05) is 20.1 Å². The van der Waals surface area contributed by atoms with Crippen molar-refractivity contribution < 1.29 is 9.53 Å². The van der Waals surface area contributed by atoms with E-state index in [1.807, 2.05) is 0 Å². The highest BCUT2D eigenvalue weighted by molar-refractivity contribution is 5.80. The van der Waals surface area contributed by atoms with Gasteiger partial charge in [-0.15, -0.1) is 0 Å². The van der Waals surface area contributed by atoms with Crippen LogP contribution < -0.4 is 0 Å². The van der Waals surface area contributed by atoms with Gasteiger partial charge in [-0.2, -0.15) is 0 Å². The third-order valence-corrected chi connectivity index (χ3v) is 2.35. The summed E-state index contributed by atoms with van der Waals surface area (Å²) in [5.41, 5.74) is 0. The molecule has 0 aromatic heterocycles. The Morgan fingerprint density at radius 2 is 1.86 bits per heavy atom. The van der Waals surface area contributed by atoms with Crippen LogP contribution in [0, 0.1) is 0 Å². The van der Waals surface area contributed by atoms with Crippen molar-refractivity contribution in [2.24, 2.45) is 0 Å². The average molecular weight is 201 g/mol. The minimum Gasteiger partial charge on any atom is -0.385 e. The number of Topliss-reactive ketones (excluding diaryl/α,β-unsaturated/α-hetero) is 1. The van der Waals surface area contributed by atoms with Gasteiger partial charge in [-0.05, 0) is 25.9 Å². The van der Waals surface area contributed by atoms with Crippen LogP contribution in [0.4, 0.5) is 0 Å². The van der Waals surface area contributed by atoms with E-state index in [0.717, 1.165) is 32.5 Å². The fourth-order valence-corrected chi connectivity index (χ4v) is 1.34. The monoisotopic (exact) mass is 201 g/mol.